The van der Waals surface area contributed by atoms with E-state index in [1.165, 1.54) is 4.68 Å². The van der Waals surface area contributed by atoms with Gasteiger partial charge in [0.25, 0.3) is 10.0 Å². The van der Waals surface area contributed by atoms with Crippen LogP contribution in [0, 0.1) is 6.92 Å². The molecule has 0 spiro atoms. The normalized spacial score (nSPS) is 11.4. The Bertz CT molecular complexity index is 761. The second kappa shape index (κ2) is 5.56. The number of esters is 1. The molecule has 0 aliphatic carbocycles. The van der Waals surface area contributed by atoms with Gasteiger partial charge in [0.2, 0.25) is 0 Å². The van der Waals surface area contributed by atoms with E-state index < -0.39 is 16.0 Å². The maximum absolute atomic E-state index is 12.3. The van der Waals surface area contributed by atoms with E-state index in [0.717, 1.165) is 6.20 Å². The summed E-state index contributed by atoms with van der Waals surface area (Å²) in [6.07, 6.45) is 1.11. The molecule has 0 saturated heterocycles. The van der Waals surface area contributed by atoms with E-state index in [4.69, 9.17) is 4.74 Å². The molecule has 10 heteroatoms. The summed E-state index contributed by atoms with van der Waals surface area (Å²) >= 11 is 0. The Morgan fingerprint density at radius 3 is 2.81 bits per heavy atom. The first-order valence-electron chi connectivity index (χ1n) is 6.09. The van der Waals surface area contributed by atoms with E-state index in [-0.39, 0.29) is 23.0 Å². The van der Waals surface area contributed by atoms with Crippen molar-refractivity contribution in [3.8, 4) is 0 Å². The number of hydrogen-bond acceptors (Lipinski definition) is 6. The standard InChI is InChI=1S/C11H15N5O4S/c1-4-20-11(17)8-6-12-13-10(8)21(18,19)15-9-5-7(2)14-16(9)3/h5-6,15H,4H2,1-3H3,(H,12,13). The Labute approximate surface area is 121 Å². The van der Waals surface area contributed by atoms with Crippen molar-refractivity contribution in [1.29, 1.82) is 0 Å². The zero-order valence-electron chi connectivity index (χ0n) is 11.7. The highest BCUT2D eigenvalue weighted by Gasteiger charge is 2.26. The van der Waals surface area contributed by atoms with Gasteiger partial charge in [0.05, 0.1) is 18.5 Å². The molecule has 0 aromatic carbocycles. The number of carbonyl (C=O) groups excluding carboxylic acids is 1. The lowest BCUT2D eigenvalue weighted by Gasteiger charge is -2.07. The fraction of sp³-hybridized carbons (Fsp3) is 0.364. The van der Waals surface area contributed by atoms with Crippen LogP contribution in [0.3, 0.4) is 0 Å². The van der Waals surface area contributed by atoms with Crippen LogP contribution in [-0.2, 0) is 21.8 Å². The molecule has 2 aromatic heterocycles. The van der Waals surface area contributed by atoms with E-state index >= 15 is 0 Å². The summed E-state index contributed by atoms with van der Waals surface area (Å²) in [5.41, 5.74) is 0.508. The number of hydrogen-bond donors (Lipinski definition) is 2. The Morgan fingerprint density at radius 2 is 2.24 bits per heavy atom. The first kappa shape index (κ1) is 15.0. The van der Waals surface area contributed by atoms with Crippen LogP contribution in [0.25, 0.3) is 0 Å². The molecule has 2 aromatic rings. The van der Waals surface area contributed by atoms with Gasteiger partial charge in [-0.25, -0.2) is 4.79 Å². The number of nitrogens with zero attached hydrogens (tertiary/aromatic N) is 3. The van der Waals surface area contributed by atoms with Crippen LogP contribution in [0.4, 0.5) is 5.82 Å². The molecule has 0 saturated carbocycles. The predicted octanol–water partition coefficient (Wildman–Crippen LogP) is 0.429. The Hall–Kier alpha value is -2.36. The number of aromatic amines is 1. The van der Waals surface area contributed by atoms with Crippen molar-refractivity contribution in [2.45, 2.75) is 18.9 Å². The molecule has 21 heavy (non-hydrogen) atoms. The average molecular weight is 313 g/mol. The number of ether oxygens (including phenoxy) is 1. The number of carbonyl (C=O) groups is 1. The van der Waals surface area contributed by atoms with Crippen molar-refractivity contribution in [2.75, 3.05) is 11.3 Å². The van der Waals surface area contributed by atoms with Gasteiger partial charge in [0.1, 0.15) is 11.4 Å². The number of H-pyrrole nitrogens is 1. The van der Waals surface area contributed by atoms with Crippen LogP contribution < -0.4 is 4.72 Å². The van der Waals surface area contributed by atoms with Gasteiger partial charge < -0.3 is 4.74 Å². The molecule has 0 unspecified atom stereocenters. The number of nitrogens with one attached hydrogen (secondary N) is 2. The third-order valence-electron chi connectivity index (χ3n) is 2.61. The summed E-state index contributed by atoms with van der Waals surface area (Å²) in [5.74, 6) is -0.482. The van der Waals surface area contributed by atoms with E-state index in [1.807, 2.05) is 0 Å². The van der Waals surface area contributed by atoms with Gasteiger partial charge in [-0.15, -0.1) is 0 Å². The monoisotopic (exact) mass is 313 g/mol. The molecule has 0 bridgehead atoms. The van der Waals surface area contributed by atoms with Crippen molar-refractivity contribution in [3.05, 3.63) is 23.5 Å². The van der Waals surface area contributed by atoms with E-state index in [1.54, 1.807) is 27.0 Å². The topological polar surface area (TPSA) is 119 Å². The fourth-order valence-corrected chi connectivity index (χ4v) is 2.90. The Balaban J connectivity index is 2.35. The van der Waals surface area contributed by atoms with E-state index in [2.05, 4.69) is 20.0 Å². The average Bonchev–Trinajstić information content (AvgIpc) is 2.97. The van der Waals surface area contributed by atoms with Gasteiger partial charge >= 0.3 is 5.97 Å². The number of sulfonamides is 1. The van der Waals surface area contributed by atoms with Crippen molar-refractivity contribution in [1.82, 2.24) is 20.0 Å². The summed E-state index contributed by atoms with van der Waals surface area (Å²) in [4.78, 5) is 11.7. The summed E-state index contributed by atoms with van der Waals surface area (Å²) < 4.78 is 33.2. The third kappa shape index (κ3) is 3.05. The second-order valence-corrected chi connectivity index (χ2v) is 5.85. The highest BCUT2D eigenvalue weighted by molar-refractivity contribution is 7.92. The van der Waals surface area contributed by atoms with Crippen molar-refractivity contribution < 1.29 is 17.9 Å². The molecule has 2 rings (SSSR count). The van der Waals surface area contributed by atoms with Gasteiger partial charge in [0, 0.05) is 13.1 Å². The lowest BCUT2D eigenvalue weighted by atomic mass is 10.4. The minimum atomic E-state index is -4.00. The largest absolute Gasteiger partial charge is 0.462 e. The minimum absolute atomic E-state index is 0.137. The SMILES string of the molecule is CCOC(=O)c1cn[nH]c1S(=O)(=O)Nc1cc(C)nn1C. The molecule has 0 fully saturated rings. The number of rotatable bonds is 5. The molecule has 2 heterocycles. The van der Waals surface area contributed by atoms with Crippen LogP contribution in [0.2, 0.25) is 0 Å². The molecule has 0 amide bonds. The van der Waals surface area contributed by atoms with Gasteiger partial charge in [-0.2, -0.15) is 18.6 Å². The van der Waals surface area contributed by atoms with Crippen molar-refractivity contribution in [3.63, 3.8) is 0 Å². The first-order chi connectivity index (χ1) is 9.85. The molecule has 0 radical (unpaired) electrons. The third-order valence-corrected chi connectivity index (χ3v) is 3.94. The van der Waals surface area contributed by atoms with Crippen LogP contribution in [0.1, 0.15) is 23.0 Å². The maximum atomic E-state index is 12.3. The quantitative estimate of drug-likeness (QED) is 0.773. The molecular formula is C11H15N5O4S. The maximum Gasteiger partial charge on any atom is 0.342 e. The summed E-state index contributed by atoms with van der Waals surface area (Å²) in [7, 11) is -2.40. The Morgan fingerprint density at radius 1 is 1.52 bits per heavy atom. The van der Waals surface area contributed by atoms with Crippen molar-refractivity contribution >= 4 is 21.8 Å². The summed E-state index contributed by atoms with van der Waals surface area (Å²) in [5, 5.41) is 9.58. The van der Waals surface area contributed by atoms with Crippen LogP contribution in [0.5, 0.6) is 0 Å². The zero-order chi connectivity index (χ0) is 15.6. The summed E-state index contributed by atoms with van der Waals surface area (Å²) in [6.45, 7) is 3.50. The first-order valence-corrected chi connectivity index (χ1v) is 7.57. The van der Waals surface area contributed by atoms with Crippen molar-refractivity contribution in [2.24, 2.45) is 7.05 Å². The highest BCUT2D eigenvalue weighted by atomic mass is 32.2. The van der Waals surface area contributed by atoms with E-state index in [0.29, 0.717) is 5.69 Å². The van der Waals surface area contributed by atoms with Crippen LogP contribution in [-0.4, -0.2) is 41.0 Å². The second-order valence-electron chi connectivity index (χ2n) is 4.23. The van der Waals surface area contributed by atoms with E-state index in [9.17, 15) is 13.2 Å². The van der Waals surface area contributed by atoms with Crippen LogP contribution in [0.15, 0.2) is 17.3 Å². The fourth-order valence-electron chi connectivity index (χ4n) is 1.73. The van der Waals surface area contributed by atoms with Gasteiger partial charge in [-0.3, -0.25) is 14.5 Å². The molecular weight excluding hydrogens is 298 g/mol. The van der Waals surface area contributed by atoms with Gasteiger partial charge in [-0.05, 0) is 13.8 Å². The Kier molecular flexibility index (Phi) is 3.98. The lowest BCUT2D eigenvalue weighted by molar-refractivity contribution is 0.0522. The minimum Gasteiger partial charge on any atom is -0.462 e. The zero-order valence-corrected chi connectivity index (χ0v) is 12.6. The molecule has 9 nitrogen and oxygen atoms in total. The summed E-state index contributed by atoms with van der Waals surface area (Å²) in [6, 6.07) is 1.57. The highest BCUT2D eigenvalue weighted by Crippen LogP contribution is 2.18. The number of aryl methyl sites for hydroxylation is 2. The smallest absolute Gasteiger partial charge is 0.342 e. The molecule has 0 aliphatic rings. The molecule has 2 N–H and O–H groups in total. The predicted molar refractivity (Wildman–Crippen MR) is 73.3 cm³/mol. The van der Waals surface area contributed by atoms with Crippen LogP contribution >= 0.6 is 0 Å². The molecule has 0 atom stereocenters. The lowest BCUT2D eigenvalue weighted by Crippen LogP contribution is -2.19. The van der Waals surface area contributed by atoms with Gasteiger partial charge in [-0.1, -0.05) is 0 Å². The molecule has 0 aliphatic heterocycles. The number of aromatic nitrogens is 4. The van der Waals surface area contributed by atoms with Gasteiger partial charge in [0.15, 0.2) is 5.03 Å². The molecule has 114 valence electrons. The number of anilines is 1.